The first-order valence-electron chi connectivity index (χ1n) is 6.98. The molecule has 0 aliphatic carbocycles. The average molecular weight is 310 g/mol. The number of nitrogens with zero attached hydrogens (tertiary/aromatic N) is 1. The number of sulfonamides is 1. The fraction of sp³-hybridized carbons (Fsp3) is 0.533. The average Bonchev–Trinajstić information content (AvgIpc) is 2.66. The summed E-state index contributed by atoms with van der Waals surface area (Å²) in [4.78, 5) is 13.9. The second kappa shape index (κ2) is 5.42. The molecule has 0 saturated carbocycles. The van der Waals surface area contributed by atoms with Crippen molar-refractivity contribution in [2.75, 3.05) is 17.2 Å². The minimum atomic E-state index is -3.55. The number of carbonyl (C=O) groups is 1. The molecule has 116 valence electrons. The molecule has 21 heavy (non-hydrogen) atoms. The van der Waals surface area contributed by atoms with E-state index in [1.54, 1.807) is 4.90 Å². The van der Waals surface area contributed by atoms with Gasteiger partial charge in [0, 0.05) is 24.6 Å². The van der Waals surface area contributed by atoms with Crippen LogP contribution in [0.25, 0.3) is 0 Å². The lowest BCUT2D eigenvalue weighted by Gasteiger charge is -2.27. The number of amides is 1. The first-order valence-corrected chi connectivity index (χ1v) is 8.70. The number of benzene rings is 1. The van der Waals surface area contributed by atoms with Crippen LogP contribution in [0, 0.1) is 5.92 Å². The lowest BCUT2D eigenvalue weighted by Crippen LogP contribution is -2.29. The quantitative estimate of drug-likeness (QED) is 0.921. The van der Waals surface area contributed by atoms with Crippen LogP contribution in [0.3, 0.4) is 0 Å². The Morgan fingerprint density at radius 1 is 1.29 bits per heavy atom. The molecule has 1 aromatic rings. The fourth-order valence-electron chi connectivity index (χ4n) is 2.80. The largest absolute Gasteiger partial charge is 0.312 e. The van der Waals surface area contributed by atoms with Crippen LogP contribution in [0.5, 0.6) is 0 Å². The van der Waals surface area contributed by atoms with E-state index in [0.717, 1.165) is 11.3 Å². The molecule has 0 radical (unpaired) electrons. The minimum absolute atomic E-state index is 0.0413. The van der Waals surface area contributed by atoms with Crippen molar-refractivity contribution in [2.24, 2.45) is 11.1 Å². The summed E-state index contributed by atoms with van der Waals surface area (Å²) in [6, 6.07) is 7.77. The first-order chi connectivity index (χ1) is 9.58. The van der Waals surface area contributed by atoms with Gasteiger partial charge in [0.2, 0.25) is 15.9 Å². The molecule has 5 nitrogen and oxygen atoms in total. The second-order valence-electron chi connectivity index (χ2n) is 6.67. The maximum absolute atomic E-state index is 12.2. The zero-order valence-electron chi connectivity index (χ0n) is 12.7. The number of anilines is 1. The van der Waals surface area contributed by atoms with Crippen LogP contribution >= 0.6 is 0 Å². The minimum Gasteiger partial charge on any atom is -0.312 e. The van der Waals surface area contributed by atoms with Crippen LogP contribution in [0.1, 0.15) is 32.8 Å². The van der Waals surface area contributed by atoms with Gasteiger partial charge in [-0.2, -0.15) is 0 Å². The monoisotopic (exact) mass is 310 g/mol. The molecule has 1 fully saturated rings. The normalized spacial score (nSPS) is 20.1. The number of primary sulfonamides is 1. The van der Waals surface area contributed by atoms with E-state index in [-0.39, 0.29) is 29.4 Å². The van der Waals surface area contributed by atoms with Crippen molar-refractivity contribution >= 4 is 21.6 Å². The molecular weight excluding hydrogens is 288 g/mol. The van der Waals surface area contributed by atoms with E-state index >= 15 is 0 Å². The third kappa shape index (κ3) is 3.83. The molecule has 0 spiro atoms. The van der Waals surface area contributed by atoms with E-state index in [4.69, 9.17) is 5.14 Å². The van der Waals surface area contributed by atoms with Gasteiger partial charge in [-0.1, -0.05) is 39.0 Å². The molecule has 0 bridgehead atoms. The van der Waals surface area contributed by atoms with Crippen LogP contribution in [-0.2, 0) is 20.2 Å². The SMILES string of the molecule is CC(C)(C)c1ccccc1N1CC(CS(N)(=O)=O)CC1=O. The van der Waals surface area contributed by atoms with Gasteiger partial charge >= 0.3 is 0 Å². The standard InChI is InChI=1S/C15H22N2O3S/c1-15(2,3)12-6-4-5-7-13(12)17-9-11(8-14(17)18)10-21(16,19)20/h4-7,11H,8-10H2,1-3H3,(H2,16,19,20). The summed E-state index contributed by atoms with van der Waals surface area (Å²) in [5.74, 6) is -0.423. The fourth-order valence-corrected chi connectivity index (χ4v) is 3.68. The number of rotatable bonds is 3. The van der Waals surface area contributed by atoms with Crippen molar-refractivity contribution in [3.05, 3.63) is 29.8 Å². The highest BCUT2D eigenvalue weighted by Crippen LogP contribution is 2.35. The van der Waals surface area contributed by atoms with Gasteiger partial charge in [-0.25, -0.2) is 13.6 Å². The van der Waals surface area contributed by atoms with Crippen LogP contribution in [-0.4, -0.2) is 26.6 Å². The van der Waals surface area contributed by atoms with E-state index in [9.17, 15) is 13.2 Å². The number of carbonyl (C=O) groups excluding carboxylic acids is 1. The molecule has 1 aliphatic rings. The topological polar surface area (TPSA) is 80.5 Å². The van der Waals surface area contributed by atoms with Crippen molar-refractivity contribution in [1.29, 1.82) is 0 Å². The van der Waals surface area contributed by atoms with Gasteiger partial charge in [-0.3, -0.25) is 4.79 Å². The second-order valence-corrected chi connectivity index (χ2v) is 8.33. The first kappa shape index (κ1) is 16.0. The summed E-state index contributed by atoms with van der Waals surface area (Å²) in [5, 5.41) is 5.09. The van der Waals surface area contributed by atoms with Gasteiger partial charge in [0.1, 0.15) is 0 Å². The van der Waals surface area contributed by atoms with E-state index in [1.165, 1.54) is 0 Å². The van der Waals surface area contributed by atoms with Gasteiger partial charge in [-0.05, 0) is 17.0 Å². The number of nitrogens with two attached hydrogens (primary N) is 1. The van der Waals surface area contributed by atoms with Gasteiger partial charge in [0.15, 0.2) is 0 Å². The maximum Gasteiger partial charge on any atom is 0.227 e. The zero-order valence-corrected chi connectivity index (χ0v) is 13.5. The third-order valence-electron chi connectivity index (χ3n) is 3.68. The van der Waals surface area contributed by atoms with Gasteiger partial charge in [0.25, 0.3) is 0 Å². The van der Waals surface area contributed by atoms with Crippen molar-refractivity contribution in [3.8, 4) is 0 Å². The predicted molar refractivity (Wildman–Crippen MR) is 83.6 cm³/mol. The lowest BCUT2D eigenvalue weighted by atomic mass is 9.85. The molecule has 2 rings (SSSR count). The Labute approximate surface area is 126 Å². The van der Waals surface area contributed by atoms with E-state index in [2.05, 4.69) is 20.8 Å². The Bertz CT molecular complexity index is 647. The molecule has 1 amide bonds. The van der Waals surface area contributed by atoms with Crippen LogP contribution in [0.15, 0.2) is 24.3 Å². The predicted octanol–water partition coefficient (Wildman–Crippen LogP) is 1.63. The molecule has 1 unspecified atom stereocenters. The van der Waals surface area contributed by atoms with Crippen LogP contribution < -0.4 is 10.0 Å². The summed E-state index contributed by atoms with van der Waals surface area (Å²) in [6.45, 7) is 6.68. The summed E-state index contributed by atoms with van der Waals surface area (Å²) in [6.07, 6.45) is 0.231. The Morgan fingerprint density at radius 3 is 2.48 bits per heavy atom. The Hall–Kier alpha value is -1.40. The Balaban J connectivity index is 2.30. The lowest BCUT2D eigenvalue weighted by molar-refractivity contribution is -0.117. The highest BCUT2D eigenvalue weighted by atomic mass is 32.2. The van der Waals surface area contributed by atoms with E-state index in [1.807, 2.05) is 24.3 Å². The Morgan fingerprint density at radius 2 is 1.90 bits per heavy atom. The van der Waals surface area contributed by atoms with Gasteiger partial charge in [0.05, 0.1) is 5.75 Å². The number of hydrogen-bond donors (Lipinski definition) is 1. The molecule has 6 heteroatoms. The Kier molecular flexibility index (Phi) is 4.13. The van der Waals surface area contributed by atoms with E-state index < -0.39 is 10.0 Å². The van der Waals surface area contributed by atoms with Crippen LogP contribution in [0.4, 0.5) is 5.69 Å². The summed E-state index contributed by atoms with van der Waals surface area (Å²) in [5.41, 5.74) is 1.86. The molecule has 1 aromatic carbocycles. The molecule has 1 saturated heterocycles. The molecule has 1 atom stereocenters. The van der Waals surface area contributed by atoms with Crippen LogP contribution in [0.2, 0.25) is 0 Å². The van der Waals surface area contributed by atoms with Crippen molar-refractivity contribution in [2.45, 2.75) is 32.6 Å². The van der Waals surface area contributed by atoms with Crippen molar-refractivity contribution in [1.82, 2.24) is 0 Å². The summed E-state index contributed by atoms with van der Waals surface area (Å²) in [7, 11) is -3.55. The highest BCUT2D eigenvalue weighted by Gasteiger charge is 2.34. The molecule has 1 heterocycles. The molecule has 1 aliphatic heterocycles. The summed E-state index contributed by atoms with van der Waals surface area (Å²) < 4.78 is 22.4. The third-order valence-corrected chi connectivity index (χ3v) is 4.61. The molecule has 2 N–H and O–H groups in total. The van der Waals surface area contributed by atoms with Crippen molar-refractivity contribution < 1.29 is 13.2 Å². The summed E-state index contributed by atoms with van der Waals surface area (Å²) >= 11 is 0. The zero-order chi connectivity index (χ0) is 15.8. The van der Waals surface area contributed by atoms with Gasteiger partial charge in [-0.15, -0.1) is 0 Å². The number of para-hydroxylation sites is 1. The van der Waals surface area contributed by atoms with E-state index in [0.29, 0.717) is 6.54 Å². The smallest absolute Gasteiger partial charge is 0.227 e. The number of hydrogen-bond acceptors (Lipinski definition) is 3. The van der Waals surface area contributed by atoms with Crippen molar-refractivity contribution in [3.63, 3.8) is 0 Å². The molecule has 0 aromatic heterocycles. The molecular formula is C15H22N2O3S. The van der Waals surface area contributed by atoms with Gasteiger partial charge < -0.3 is 4.90 Å². The highest BCUT2D eigenvalue weighted by molar-refractivity contribution is 7.89. The maximum atomic E-state index is 12.2.